The maximum Gasteiger partial charge on any atom is 0.0237 e. The predicted octanol–water partition coefficient (Wildman–Crippen LogP) is 3.85. The first kappa shape index (κ1) is 16.5. The third kappa shape index (κ3) is 5.80. The van der Waals surface area contributed by atoms with E-state index in [2.05, 4.69) is 55.3 Å². The molecule has 2 rings (SSSR count). The summed E-state index contributed by atoms with van der Waals surface area (Å²) in [5.74, 6) is 0.816. The van der Waals surface area contributed by atoms with Crippen LogP contribution in [0.2, 0.25) is 0 Å². The van der Waals surface area contributed by atoms with Crippen LogP contribution in [-0.2, 0) is 13.0 Å². The first-order valence-electron chi connectivity index (χ1n) is 8.67. The second kappa shape index (κ2) is 8.55. The fourth-order valence-electron chi connectivity index (χ4n) is 3.11. The van der Waals surface area contributed by atoms with Crippen LogP contribution in [0.15, 0.2) is 24.3 Å². The molecule has 2 heteroatoms. The molecule has 0 saturated heterocycles. The summed E-state index contributed by atoms with van der Waals surface area (Å²) >= 11 is 0. The van der Waals surface area contributed by atoms with Gasteiger partial charge in [0.05, 0.1) is 0 Å². The number of rotatable bonds is 7. The molecule has 1 N–H and O–H groups in total. The summed E-state index contributed by atoms with van der Waals surface area (Å²) in [5, 5.41) is 3.69. The second-order valence-corrected chi connectivity index (χ2v) is 6.97. The van der Waals surface area contributed by atoms with Gasteiger partial charge in [0.2, 0.25) is 0 Å². The van der Waals surface area contributed by atoms with Gasteiger partial charge in [0.15, 0.2) is 0 Å². The van der Waals surface area contributed by atoms with Gasteiger partial charge < -0.3 is 5.32 Å². The number of hydrogen-bond donors (Lipinski definition) is 1. The van der Waals surface area contributed by atoms with E-state index in [0.717, 1.165) is 19.0 Å². The first-order chi connectivity index (χ1) is 10.1. The largest absolute Gasteiger partial charge is 0.313 e. The maximum absolute atomic E-state index is 3.69. The number of fused-ring (bicyclic) bond motifs is 1. The fraction of sp³-hybridized carbons (Fsp3) is 0.684. The van der Waals surface area contributed by atoms with E-state index in [4.69, 9.17) is 0 Å². The number of nitrogens with one attached hydrogen (secondary N) is 1. The lowest BCUT2D eigenvalue weighted by Gasteiger charge is -2.22. The van der Waals surface area contributed by atoms with Gasteiger partial charge in [-0.3, -0.25) is 4.90 Å². The molecule has 0 saturated carbocycles. The van der Waals surface area contributed by atoms with Crippen molar-refractivity contribution in [2.24, 2.45) is 5.92 Å². The van der Waals surface area contributed by atoms with Crippen LogP contribution in [0.1, 0.15) is 51.2 Å². The van der Waals surface area contributed by atoms with Crippen LogP contribution >= 0.6 is 0 Å². The van der Waals surface area contributed by atoms with Gasteiger partial charge in [0.25, 0.3) is 0 Å². The van der Waals surface area contributed by atoms with Crippen molar-refractivity contribution in [1.29, 1.82) is 0 Å². The Morgan fingerprint density at radius 2 is 1.86 bits per heavy atom. The molecule has 21 heavy (non-hydrogen) atoms. The standard InChI is InChI=1S/C19H32N2/c1-16(2)10-11-17(3)20-12-14-21-13-6-9-18-7-4-5-8-19(18)15-21/h4-5,7-8,16-17,20H,6,9-15H2,1-3H3. The Hall–Kier alpha value is -0.860. The molecule has 2 nitrogen and oxygen atoms in total. The number of benzene rings is 1. The quantitative estimate of drug-likeness (QED) is 0.820. The van der Waals surface area contributed by atoms with Crippen LogP contribution < -0.4 is 5.32 Å². The van der Waals surface area contributed by atoms with E-state index in [1.165, 1.54) is 44.3 Å². The van der Waals surface area contributed by atoms with Crippen LogP contribution in [0.25, 0.3) is 0 Å². The average Bonchev–Trinajstić information content (AvgIpc) is 2.67. The molecule has 0 aromatic heterocycles. The Labute approximate surface area is 130 Å². The number of nitrogens with zero attached hydrogens (tertiary/aromatic N) is 1. The third-order valence-corrected chi connectivity index (χ3v) is 4.53. The van der Waals surface area contributed by atoms with E-state index in [0.29, 0.717) is 6.04 Å². The normalized spacial score (nSPS) is 17.5. The van der Waals surface area contributed by atoms with Crippen LogP contribution in [-0.4, -0.2) is 30.6 Å². The van der Waals surface area contributed by atoms with Gasteiger partial charge in [-0.15, -0.1) is 0 Å². The minimum Gasteiger partial charge on any atom is -0.313 e. The van der Waals surface area contributed by atoms with Gasteiger partial charge in [-0.05, 0) is 56.2 Å². The smallest absolute Gasteiger partial charge is 0.0237 e. The molecule has 1 unspecified atom stereocenters. The highest BCUT2D eigenvalue weighted by Crippen LogP contribution is 2.17. The zero-order valence-electron chi connectivity index (χ0n) is 14.1. The van der Waals surface area contributed by atoms with Crippen molar-refractivity contribution < 1.29 is 0 Å². The van der Waals surface area contributed by atoms with Crippen LogP contribution in [0.5, 0.6) is 0 Å². The molecule has 1 aliphatic heterocycles. The van der Waals surface area contributed by atoms with Gasteiger partial charge in [-0.25, -0.2) is 0 Å². The van der Waals surface area contributed by atoms with Crippen LogP contribution in [0.4, 0.5) is 0 Å². The molecular formula is C19H32N2. The summed E-state index contributed by atoms with van der Waals surface area (Å²) in [6.45, 7) is 11.6. The second-order valence-electron chi connectivity index (χ2n) is 6.97. The molecule has 0 radical (unpaired) electrons. The molecule has 1 heterocycles. The van der Waals surface area contributed by atoms with Crippen molar-refractivity contribution in [1.82, 2.24) is 10.2 Å². The maximum atomic E-state index is 3.69. The minimum absolute atomic E-state index is 0.645. The van der Waals surface area contributed by atoms with Crippen molar-refractivity contribution in [2.75, 3.05) is 19.6 Å². The van der Waals surface area contributed by atoms with Gasteiger partial charge >= 0.3 is 0 Å². The summed E-state index contributed by atoms with van der Waals surface area (Å²) in [6.07, 6.45) is 5.15. The zero-order chi connectivity index (χ0) is 15.1. The van der Waals surface area contributed by atoms with Gasteiger partial charge in [0.1, 0.15) is 0 Å². The Balaban J connectivity index is 1.71. The highest BCUT2D eigenvalue weighted by Gasteiger charge is 2.13. The molecule has 118 valence electrons. The monoisotopic (exact) mass is 288 g/mol. The molecular weight excluding hydrogens is 256 g/mol. The molecule has 1 atom stereocenters. The van der Waals surface area contributed by atoms with E-state index >= 15 is 0 Å². The molecule has 1 aromatic carbocycles. The summed E-state index contributed by atoms with van der Waals surface area (Å²) in [7, 11) is 0. The molecule has 0 bridgehead atoms. The lowest BCUT2D eigenvalue weighted by molar-refractivity contribution is 0.263. The summed E-state index contributed by atoms with van der Waals surface area (Å²) < 4.78 is 0. The highest BCUT2D eigenvalue weighted by molar-refractivity contribution is 5.27. The van der Waals surface area contributed by atoms with E-state index in [1.54, 1.807) is 5.56 Å². The van der Waals surface area contributed by atoms with E-state index < -0.39 is 0 Å². The highest BCUT2D eigenvalue weighted by atomic mass is 15.1. The summed E-state index contributed by atoms with van der Waals surface area (Å²) in [6, 6.07) is 9.59. The van der Waals surface area contributed by atoms with Crippen LogP contribution in [0.3, 0.4) is 0 Å². The van der Waals surface area contributed by atoms with Crippen molar-refractivity contribution >= 4 is 0 Å². The lowest BCUT2D eigenvalue weighted by Crippen LogP contribution is -2.36. The summed E-state index contributed by atoms with van der Waals surface area (Å²) in [5.41, 5.74) is 3.08. The fourth-order valence-corrected chi connectivity index (χ4v) is 3.11. The molecule has 0 amide bonds. The van der Waals surface area contributed by atoms with Gasteiger partial charge in [-0.1, -0.05) is 38.1 Å². The SMILES string of the molecule is CC(C)CCC(C)NCCN1CCCc2ccccc2C1. The van der Waals surface area contributed by atoms with Crippen molar-refractivity contribution in [2.45, 2.75) is 59.0 Å². The van der Waals surface area contributed by atoms with Crippen molar-refractivity contribution in [3.63, 3.8) is 0 Å². The lowest BCUT2D eigenvalue weighted by atomic mass is 10.0. The first-order valence-corrected chi connectivity index (χ1v) is 8.67. The predicted molar refractivity (Wildman–Crippen MR) is 91.6 cm³/mol. The molecule has 1 aliphatic rings. The van der Waals surface area contributed by atoms with Crippen molar-refractivity contribution in [3.05, 3.63) is 35.4 Å². The number of aryl methyl sites for hydroxylation is 1. The van der Waals surface area contributed by atoms with Gasteiger partial charge in [0, 0.05) is 25.7 Å². The Kier molecular flexibility index (Phi) is 6.72. The Morgan fingerprint density at radius 3 is 2.62 bits per heavy atom. The van der Waals surface area contributed by atoms with E-state index in [1.807, 2.05) is 0 Å². The Bertz CT molecular complexity index is 414. The zero-order valence-corrected chi connectivity index (χ0v) is 14.1. The number of hydrogen-bond acceptors (Lipinski definition) is 2. The van der Waals surface area contributed by atoms with Crippen molar-refractivity contribution in [3.8, 4) is 0 Å². The van der Waals surface area contributed by atoms with E-state index in [-0.39, 0.29) is 0 Å². The molecule has 0 aliphatic carbocycles. The molecule has 0 spiro atoms. The molecule has 0 fully saturated rings. The van der Waals surface area contributed by atoms with Gasteiger partial charge in [-0.2, -0.15) is 0 Å². The Morgan fingerprint density at radius 1 is 1.10 bits per heavy atom. The average molecular weight is 288 g/mol. The van der Waals surface area contributed by atoms with E-state index in [9.17, 15) is 0 Å². The topological polar surface area (TPSA) is 15.3 Å². The third-order valence-electron chi connectivity index (χ3n) is 4.53. The van der Waals surface area contributed by atoms with Crippen LogP contribution in [0, 0.1) is 5.92 Å². The minimum atomic E-state index is 0.645. The summed E-state index contributed by atoms with van der Waals surface area (Å²) in [4.78, 5) is 2.61. The molecule has 1 aromatic rings.